The second-order valence-corrected chi connectivity index (χ2v) is 6.20. The van der Waals surface area contributed by atoms with Crippen LogP contribution in [0.4, 0.5) is 0 Å². The quantitative estimate of drug-likeness (QED) is 0.839. The lowest BCUT2D eigenvalue weighted by Gasteiger charge is -2.23. The number of hydrogen-bond donors (Lipinski definition) is 1. The number of carbonyl (C=O) groups is 3. The molecule has 1 aromatic rings. The molecule has 126 valence electrons. The van der Waals surface area contributed by atoms with Crippen LogP contribution in [0.3, 0.4) is 0 Å². The number of carbonyl (C=O) groups excluding carboxylic acids is 3. The normalized spacial score (nSPS) is 13.6. The molecule has 1 aromatic carbocycles. The molecule has 0 radical (unpaired) electrons. The van der Waals surface area contributed by atoms with Crippen molar-refractivity contribution < 1.29 is 23.9 Å². The summed E-state index contributed by atoms with van der Waals surface area (Å²) < 4.78 is 9.92. The largest absolute Gasteiger partial charge is 0.466 e. The second kappa shape index (κ2) is 7.76. The number of esters is 2. The van der Waals surface area contributed by atoms with Crippen molar-refractivity contribution in [1.29, 1.82) is 0 Å². The van der Waals surface area contributed by atoms with E-state index >= 15 is 0 Å². The lowest BCUT2D eigenvalue weighted by molar-refractivity contribution is -0.168. The number of nitrogens with one attached hydrogen (secondary N) is 1. The van der Waals surface area contributed by atoms with Gasteiger partial charge in [-0.05, 0) is 6.92 Å². The molecule has 6 heteroatoms. The van der Waals surface area contributed by atoms with Crippen molar-refractivity contribution in [3.63, 3.8) is 0 Å². The van der Waals surface area contributed by atoms with Crippen molar-refractivity contribution >= 4 is 17.8 Å². The zero-order chi connectivity index (χ0) is 17.6. The average Bonchev–Trinajstić information content (AvgIpc) is 2.51. The summed E-state index contributed by atoms with van der Waals surface area (Å²) in [5, 5.41) is 2.57. The highest BCUT2D eigenvalue weighted by Crippen LogP contribution is 2.20. The van der Waals surface area contributed by atoms with Gasteiger partial charge in [0.05, 0.1) is 7.11 Å². The van der Waals surface area contributed by atoms with Crippen molar-refractivity contribution in [2.45, 2.75) is 39.8 Å². The number of amides is 1. The predicted octanol–water partition coefficient (Wildman–Crippen LogP) is 1.99. The van der Waals surface area contributed by atoms with E-state index in [0.717, 1.165) is 0 Å². The second-order valence-electron chi connectivity index (χ2n) is 6.20. The van der Waals surface area contributed by atoms with Crippen LogP contribution in [-0.4, -0.2) is 31.0 Å². The number of rotatable bonds is 5. The van der Waals surface area contributed by atoms with Crippen molar-refractivity contribution in [1.82, 2.24) is 5.32 Å². The molecule has 0 spiro atoms. The third-order valence-corrected chi connectivity index (χ3v) is 3.13. The van der Waals surface area contributed by atoms with Crippen molar-refractivity contribution in [2.24, 2.45) is 5.41 Å². The van der Waals surface area contributed by atoms with E-state index in [0.29, 0.717) is 5.56 Å². The minimum Gasteiger partial charge on any atom is -0.466 e. The first-order chi connectivity index (χ1) is 10.7. The molecule has 23 heavy (non-hydrogen) atoms. The highest BCUT2D eigenvalue weighted by Gasteiger charge is 2.30. The molecule has 0 aliphatic carbocycles. The lowest BCUT2D eigenvalue weighted by atomic mass is 9.95. The summed E-state index contributed by atoms with van der Waals surface area (Å²) in [4.78, 5) is 35.9. The van der Waals surface area contributed by atoms with Crippen LogP contribution >= 0.6 is 0 Å². The molecule has 0 fully saturated rings. The third-order valence-electron chi connectivity index (χ3n) is 3.13. The van der Waals surface area contributed by atoms with Crippen LogP contribution in [0, 0.1) is 5.41 Å². The van der Waals surface area contributed by atoms with Gasteiger partial charge in [-0.1, -0.05) is 51.1 Å². The maximum atomic E-state index is 12.2. The Kier molecular flexibility index (Phi) is 6.30. The van der Waals surface area contributed by atoms with Crippen LogP contribution in [0.1, 0.15) is 39.4 Å². The average molecular weight is 321 g/mol. The molecular weight excluding hydrogens is 298 g/mol. The molecule has 6 nitrogen and oxygen atoms in total. The van der Waals surface area contributed by atoms with E-state index in [1.54, 1.807) is 51.1 Å². The maximum Gasteiger partial charge on any atom is 0.351 e. The smallest absolute Gasteiger partial charge is 0.351 e. The summed E-state index contributed by atoms with van der Waals surface area (Å²) >= 11 is 0. The molecule has 0 aliphatic heterocycles. The number of methoxy groups -OCH3 is 1. The van der Waals surface area contributed by atoms with Gasteiger partial charge in [-0.3, -0.25) is 4.79 Å². The Morgan fingerprint density at radius 1 is 1.04 bits per heavy atom. The van der Waals surface area contributed by atoms with E-state index in [2.05, 4.69) is 10.1 Å². The van der Waals surface area contributed by atoms with Crippen LogP contribution in [0.5, 0.6) is 0 Å². The van der Waals surface area contributed by atoms with Crippen molar-refractivity contribution in [3.05, 3.63) is 35.9 Å². The standard InChI is InChI=1S/C17H23NO5/c1-11(18-16(21)17(2,3)4)14(19)23-13(15(20)22-5)12-9-7-6-8-10-12/h6-11,13H,1-5H3,(H,18,21)/t11-,13-/m0/s1. The minimum absolute atomic E-state index is 0.281. The van der Waals surface area contributed by atoms with E-state index in [4.69, 9.17) is 4.74 Å². The molecule has 0 bridgehead atoms. The number of ether oxygens (including phenoxy) is 2. The van der Waals surface area contributed by atoms with Crippen LogP contribution < -0.4 is 5.32 Å². The van der Waals surface area contributed by atoms with Crippen molar-refractivity contribution in [3.8, 4) is 0 Å². The van der Waals surface area contributed by atoms with E-state index in [9.17, 15) is 14.4 Å². The molecule has 0 aromatic heterocycles. The molecule has 0 heterocycles. The van der Waals surface area contributed by atoms with Gasteiger partial charge in [0.25, 0.3) is 0 Å². The highest BCUT2D eigenvalue weighted by molar-refractivity contribution is 5.88. The Balaban J connectivity index is 2.82. The topological polar surface area (TPSA) is 81.7 Å². The van der Waals surface area contributed by atoms with Gasteiger partial charge in [-0.2, -0.15) is 0 Å². The highest BCUT2D eigenvalue weighted by atomic mass is 16.6. The lowest BCUT2D eigenvalue weighted by Crippen LogP contribution is -2.45. The summed E-state index contributed by atoms with van der Waals surface area (Å²) in [7, 11) is 1.22. The van der Waals surface area contributed by atoms with Gasteiger partial charge in [0, 0.05) is 11.0 Å². The maximum absolute atomic E-state index is 12.2. The molecule has 0 aliphatic rings. The molecule has 1 N–H and O–H groups in total. The van der Waals surface area contributed by atoms with E-state index in [1.807, 2.05) is 0 Å². The Bertz CT molecular complexity index is 562. The summed E-state index contributed by atoms with van der Waals surface area (Å²) in [6.45, 7) is 6.72. The molecular formula is C17H23NO5. The Morgan fingerprint density at radius 3 is 2.09 bits per heavy atom. The molecule has 0 saturated carbocycles. The zero-order valence-corrected chi connectivity index (χ0v) is 14.1. The Morgan fingerprint density at radius 2 is 1.61 bits per heavy atom. The fraction of sp³-hybridized carbons (Fsp3) is 0.471. The first-order valence-corrected chi connectivity index (χ1v) is 7.31. The molecule has 1 rings (SSSR count). The fourth-order valence-corrected chi connectivity index (χ4v) is 1.68. The predicted molar refractivity (Wildman–Crippen MR) is 84.4 cm³/mol. The SMILES string of the molecule is COC(=O)[C@@H](OC(=O)[C@H](C)NC(=O)C(C)(C)C)c1ccccc1. The van der Waals surface area contributed by atoms with Gasteiger partial charge in [-0.25, -0.2) is 9.59 Å². The third kappa shape index (κ3) is 5.39. The molecule has 0 unspecified atom stereocenters. The van der Waals surface area contributed by atoms with Gasteiger partial charge in [0.15, 0.2) is 0 Å². The van der Waals surface area contributed by atoms with Crippen molar-refractivity contribution in [2.75, 3.05) is 7.11 Å². The summed E-state index contributed by atoms with van der Waals surface area (Å²) in [5.74, 6) is -1.67. The molecule has 2 atom stereocenters. The van der Waals surface area contributed by atoms with Crippen LogP contribution in [0.25, 0.3) is 0 Å². The molecule has 0 saturated heterocycles. The summed E-state index contributed by atoms with van der Waals surface area (Å²) in [5.41, 5.74) is -0.127. The van der Waals surface area contributed by atoms with Gasteiger partial charge < -0.3 is 14.8 Å². The van der Waals surface area contributed by atoms with E-state index in [-0.39, 0.29) is 5.91 Å². The Hall–Kier alpha value is -2.37. The summed E-state index contributed by atoms with van der Waals surface area (Å²) in [6, 6.07) is 7.68. The molecule has 1 amide bonds. The van der Waals surface area contributed by atoms with Crippen LogP contribution in [-0.2, 0) is 23.9 Å². The van der Waals surface area contributed by atoms with Crippen LogP contribution in [0.2, 0.25) is 0 Å². The monoisotopic (exact) mass is 321 g/mol. The first kappa shape index (κ1) is 18.7. The number of hydrogen-bond acceptors (Lipinski definition) is 5. The summed E-state index contributed by atoms with van der Waals surface area (Å²) in [6.07, 6.45) is -1.16. The Labute approximate surface area is 136 Å². The van der Waals surface area contributed by atoms with Gasteiger partial charge in [0.2, 0.25) is 12.0 Å². The fourth-order valence-electron chi connectivity index (χ4n) is 1.68. The minimum atomic E-state index is -1.16. The first-order valence-electron chi connectivity index (χ1n) is 7.31. The van der Waals surface area contributed by atoms with Gasteiger partial charge >= 0.3 is 11.9 Å². The van der Waals surface area contributed by atoms with Gasteiger partial charge in [-0.15, -0.1) is 0 Å². The van der Waals surface area contributed by atoms with E-state index in [1.165, 1.54) is 14.0 Å². The van der Waals surface area contributed by atoms with Crippen LogP contribution in [0.15, 0.2) is 30.3 Å². The van der Waals surface area contributed by atoms with E-state index < -0.39 is 29.5 Å². The number of benzene rings is 1. The zero-order valence-electron chi connectivity index (χ0n) is 14.1. The van der Waals surface area contributed by atoms with Gasteiger partial charge in [0.1, 0.15) is 6.04 Å².